The summed E-state index contributed by atoms with van der Waals surface area (Å²) in [7, 11) is 0. The van der Waals surface area contributed by atoms with Crippen molar-refractivity contribution in [1.82, 2.24) is 4.98 Å². The molecular weight excluding hydrogens is 467 g/mol. The largest absolute Gasteiger partial charge is 0.366 e. The van der Waals surface area contributed by atoms with Crippen LogP contribution in [0.5, 0.6) is 0 Å². The molecule has 2 aromatic carbocycles. The SMILES string of the molecule is NC(=O)c1cccc(NC(=S)Nc2c(F)cccc2Cl)c1-c1ccc(Br)cn1. The van der Waals surface area contributed by atoms with Gasteiger partial charge in [-0.2, -0.15) is 0 Å². The van der Waals surface area contributed by atoms with Gasteiger partial charge in [0.25, 0.3) is 0 Å². The lowest BCUT2D eigenvalue weighted by Crippen LogP contribution is -2.21. The van der Waals surface area contributed by atoms with E-state index in [9.17, 15) is 9.18 Å². The maximum absolute atomic E-state index is 14.0. The molecule has 5 nitrogen and oxygen atoms in total. The van der Waals surface area contributed by atoms with E-state index in [1.807, 2.05) is 0 Å². The van der Waals surface area contributed by atoms with Gasteiger partial charge in [0, 0.05) is 16.2 Å². The van der Waals surface area contributed by atoms with Crippen LogP contribution in [0.1, 0.15) is 10.4 Å². The van der Waals surface area contributed by atoms with E-state index in [1.165, 1.54) is 12.1 Å². The third-order valence-corrected chi connectivity index (χ3v) is 4.75. The lowest BCUT2D eigenvalue weighted by molar-refractivity contribution is 0.100. The van der Waals surface area contributed by atoms with Gasteiger partial charge in [-0.15, -0.1) is 0 Å². The van der Waals surface area contributed by atoms with E-state index in [1.54, 1.807) is 42.6 Å². The maximum Gasteiger partial charge on any atom is 0.249 e. The Morgan fingerprint density at radius 1 is 1.14 bits per heavy atom. The number of nitrogens with zero attached hydrogens (tertiary/aromatic N) is 1. The zero-order chi connectivity index (χ0) is 20.3. The van der Waals surface area contributed by atoms with Crippen molar-refractivity contribution in [2.45, 2.75) is 0 Å². The van der Waals surface area contributed by atoms with Crippen LogP contribution in [0.15, 0.2) is 59.2 Å². The molecule has 3 aromatic rings. The molecule has 28 heavy (non-hydrogen) atoms. The Bertz CT molecular complexity index is 1040. The number of halogens is 3. The van der Waals surface area contributed by atoms with E-state index in [0.717, 1.165) is 4.47 Å². The summed E-state index contributed by atoms with van der Waals surface area (Å²) in [5, 5.41) is 5.96. The Balaban J connectivity index is 1.98. The first-order valence-corrected chi connectivity index (χ1v) is 9.51. The van der Waals surface area contributed by atoms with Crippen LogP contribution in [-0.4, -0.2) is 16.0 Å². The molecule has 142 valence electrons. The van der Waals surface area contributed by atoms with Crippen molar-refractivity contribution in [3.8, 4) is 11.3 Å². The number of benzene rings is 2. The molecule has 0 aliphatic carbocycles. The van der Waals surface area contributed by atoms with Crippen molar-refractivity contribution in [3.05, 3.63) is 75.6 Å². The minimum Gasteiger partial charge on any atom is -0.366 e. The normalized spacial score (nSPS) is 10.4. The van der Waals surface area contributed by atoms with Crippen molar-refractivity contribution < 1.29 is 9.18 Å². The fourth-order valence-corrected chi connectivity index (χ4v) is 3.20. The predicted octanol–water partition coefficient (Wildman–Crippen LogP) is 5.21. The van der Waals surface area contributed by atoms with Gasteiger partial charge in [-0.25, -0.2) is 4.39 Å². The molecule has 0 fully saturated rings. The molecule has 0 bridgehead atoms. The minimum absolute atomic E-state index is 0.0519. The smallest absolute Gasteiger partial charge is 0.249 e. The van der Waals surface area contributed by atoms with Crippen LogP contribution >= 0.6 is 39.7 Å². The molecule has 0 atom stereocenters. The van der Waals surface area contributed by atoms with Gasteiger partial charge in [0.2, 0.25) is 5.91 Å². The van der Waals surface area contributed by atoms with E-state index in [-0.39, 0.29) is 21.4 Å². The van der Waals surface area contributed by atoms with E-state index in [2.05, 4.69) is 31.5 Å². The molecule has 1 heterocycles. The van der Waals surface area contributed by atoms with Crippen molar-refractivity contribution in [2.24, 2.45) is 5.73 Å². The summed E-state index contributed by atoms with van der Waals surface area (Å²) in [4.78, 5) is 16.3. The van der Waals surface area contributed by atoms with E-state index >= 15 is 0 Å². The third-order valence-electron chi connectivity index (χ3n) is 3.76. The first-order chi connectivity index (χ1) is 13.4. The summed E-state index contributed by atoms with van der Waals surface area (Å²) in [6.07, 6.45) is 1.60. The molecule has 0 unspecified atom stereocenters. The summed E-state index contributed by atoms with van der Waals surface area (Å²) in [5.41, 5.74) is 7.33. The van der Waals surface area contributed by atoms with Crippen LogP contribution in [-0.2, 0) is 0 Å². The highest BCUT2D eigenvalue weighted by Gasteiger charge is 2.17. The van der Waals surface area contributed by atoms with Crippen molar-refractivity contribution in [2.75, 3.05) is 10.6 Å². The number of rotatable bonds is 4. The van der Waals surface area contributed by atoms with Crippen LogP contribution in [0, 0.1) is 5.82 Å². The van der Waals surface area contributed by atoms with Crippen molar-refractivity contribution >= 4 is 62.1 Å². The second-order valence-electron chi connectivity index (χ2n) is 5.63. The Morgan fingerprint density at radius 3 is 2.54 bits per heavy atom. The first-order valence-electron chi connectivity index (χ1n) is 7.93. The number of hydrogen-bond acceptors (Lipinski definition) is 3. The molecule has 0 saturated carbocycles. The number of nitrogens with two attached hydrogens (primary N) is 1. The number of aromatic nitrogens is 1. The molecule has 0 saturated heterocycles. The molecule has 9 heteroatoms. The lowest BCUT2D eigenvalue weighted by Gasteiger charge is -2.17. The number of carbonyl (C=O) groups is 1. The van der Waals surface area contributed by atoms with E-state index in [0.29, 0.717) is 16.9 Å². The van der Waals surface area contributed by atoms with Crippen molar-refractivity contribution in [3.63, 3.8) is 0 Å². The Labute approximate surface area is 179 Å². The zero-order valence-corrected chi connectivity index (χ0v) is 17.3. The topological polar surface area (TPSA) is 80.0 Å². The molecule has 1 amide bonds. The summed E-state index contributed by atoms with van der Waals surface area (Å²) in [6.45, 7) is 0. The number of thiocarbonyl (C=S) groups is 1. The van der Waals surface area contributed by atoms with E-state index in [4.69, 9.17) is 29.6 Å². The van der Waals surface area contributed by atoms with Crippen LogP contribution in [0.2, 0.25) is 5.02 Å². The molecule has 1 aromatic heterocycles. The van der Waals surface area contributed by atoms with Crippen LogP contribution < -0.4 is 16.4 Å². The maximum atomic E-state index is 14.0. The minimum atomic E-state index is -0.612. The highest BCUT2D eigenvalue weighted by molar-refractivity contribution is 9.10. The average molecular weight is 480 g/mol. The molecule has 0 aliphatic heterocycles. The summed E-state index contributed by atoms with van der Waals surface area (Å²) < 4.78 is 14.8. The second kappa shape index (κ2) is 8.64. The van der Waals surface area contributed by atoms with Crippen LogP contribution in [0.4, 0.5) is 15.8 Å². The van der Waals surface area contributed by atoms with Gasteiger partial charge >= 0.3 is 0 Å². The molecule has 4 N–H and O–H groups in total. The fraction of sp³-hybridized carbons (Fsp3) is 0. The van der Waals surface area contributed by atoms with Crippen LogP contribution in [0.3, 0.4) is 0 Å². The van der Waals surface area contributed by atoms with Gasteiger partial charge in [-0.05, 0) is 64.5 Å². The number of carbonyl (C=O) groups excluding carboxylic acids is 1. The van der Waals surface area contributed by atoms with Crippen molar-refractivity contribution in [1.29, 1.82) is 0 Å². The Morgan fingerprint density at radius 2 is 1.89 bits per heavy atom. The summed E-state index contributed by atoms with van der Waals surface area (Å²) in [6, 6.07) is 12.8. The lowest BCUT2D eigenvalue weighted by atomic mass is 10.0. The second-order valence-corrected chi connectivity index (χ2v) is 7.36. The number of nitrogens with one attached hydrogen (secondary N) is 2. The van der Waals surface area contributed by atoms with Gasteiger partial charge in [0.05, 0.1) is 27.7 Å². The van der Waals surface area contributed by atoms with Gasteiger partial charge in [0.1, 0.15) is 5.82 Å². The van der Waals surface area contributed by atoms with Gasteiger partial charge in [-0.3, -0.25) is 9.78 Å². The monoisotopic (exact) mass is 478 g/mol. The quantitative estimate of drug-likeness (QED) is 0.448. The van der Waals surface area contributed by atoms with Crippen LogP contribution in [0.25, 0.3) is 11.3 Å². The highest BCUT2D eigenvalue weighted by atomic mass is 79.9. The number of amides is 1. The number of hydrogen-bond donors (Lipinski definition) is 3. The first kappa shape index (κ1) is 20.2. The van der Waals surface area contributed by atoms with Gasteiger partial charge in [0.15, 0.2) is 5.11 Å². The predicted molar refractivity (Wildman–Crippen MR) is 117 cm³/mol. The highest BCUT2D eigenvalue weighted by Crippen LogP contribution is 2.31. The van der Waals surface area contributed by atoms with Gasteiger partial charge < -0.3 is 16.4 Å². The summed E-state index contributed by atoms with van der Waals surface area (Å²) in [5.74, 6) is -1.16. The van der Waals surface area contributed by atoms with Gasteiger partial charge in [-0.1, -0.05) is 23.7 Å². The van der Waals surface area contributed by atoms with E-state index < -0.39 is 11.7 Å². The molecular formula is C19H13BrClFN4OS. The fourth-order valence-electron chi connectivity index (χ4n) is 2.55. The molecule has 0 spiro atoms. The Hall–Kier alpha value is -2.55. The average Bonchev–Trinajstić information content (AvgIpc) is 2.65. The molecule has 3 rings (SSSR count). The number of anilines is 2. The number of primary amides is 1. The standard InChI is InChI=1S/C19H13BrClFN4OS/c20-10-7-8-14(24-9-10)16-11(18(23)27)3-1-6-15(16)25-19(28)26-17-12(21)4-2-5-13(17)22/h1-9H,(H2,23,27)(H2,25,26,28). The molecule has 0 radical (unpaired) electrons. The third kappa shape index (κ3) is 4.46. The zero-order valence-electron chi connectivity index (χ0n) is 14.2. The number of para-hydroxylation sites is 1. The molecule has 0 aliphatic rings. The Kier molecular flexibility index (Phi) is 6.23. The number of pyridine rings is 1. The summed E-state index contributed by atoms with van der Waals surface area (Å²) >= 11 is 14.6.